The molecule has 2 heterocycles. The van der Waals surface area contributed by atoms with Gasteiger partial charge >= 0.3 is 12.0 Å². The molecule has 1 aromatic rings. The Morgan fingerprint density at radius 1 is 1.53 bits per heavy atom. The van der Waals surface area contributed by atoms with Crippen molar-refractivity contribution in [3.05, 3.63) is 18.5 Å². The molecule has 0 radical (unpaired) electrons. The van der Waals surface area contributed by atoms with Crippen molar-refractivity contribution < 1.29 is 9.53 Å². The monoisotopic (exact) mass is 264 g/mol. The van der Waals surface area contributed by atoms with Gasteiger partial charge in [-0.25, -0.2) is 14.8 Å². The Bertz CT molecular complexity index is 399. The van der Waals surface area contributed by atoms with E-state index in [0.29, 0.717) is 19.1 Å². The number of rotatable bonds is 4. The second-order valence-electron chi connectivity index (χ2n) is 4.59. The molecule has 0 saturated carbocycles. The van der Waals surface area contributed by atoms with Crippen LogP contribution in [0.5, 0.6) is 6.01 Å². The maximum atomic E-state index is 11.9. The molecule has 1 saturated heterocycles. The molecule has 0 aromatic carbocycles. The van der Waals surface area contributed by atoms with E-state index in [2.05, 4.69) is 15.3 Å². The number of nitrogens with zero attached hydrogens (tertiary/aromatic N) is 3. The van der Waals surface area contributed by atoms with Crippen molar-refractivity contribution in [2.45, 2.75) is 32.3 Å². The minimum atomic E-state index is -0.0245. The highest BCUT2D eigenvalue weighted by atomic mass is 16.5. The average molecular weight is 264 g/mol. The van der Waals surface area contributed by atoms with Gasteiger partial charge in [0.2, 0.25) is 0 Å². The molecule has 1 unspecified atom stereocenters. The topological polar surface area (TPSA) is 67.4 Å². The summed E-state index contributed by atoms with van der Waals surface area (Å²) in [6.07, 6.45) is 6.08. The number of hydrogen-bond donors (Lipinski definition) is 1. The molecule has 1 aliphatic rings. The highest BCUT2D eigenvalue weighted by molar-refractivity contribution is 5.74. The highest BCUT2D eigenvalue weighted by Crippen LogP contribution is 2.14. The largest absolute Gasteiger partial charge is 0.458 e. The van der Waals surface area contributed by atoms with Crippen LogP contribution in [0.4, 0.5) is 4.79 Å². The lowest BCUT2D eigenvalue weighted by Crippen LogP contribution is -2.48. The number of urea groups is 1. The van der Waals surface area contributed by atoms with E-state index in [0.717, 1.165) is 25.8 Å². The Hall–Kier alpha value is -1.85. The van der Waals surface area contributed by atoms with Crippen LogP contribution in [0, 0.1) is 0 Å². The van der Waals surface area contributed by atoms with Crippen LogP contribution < -0.4 is 10.1 Å². The van der Waals surface area contributed by atoms with Gasteiger partial charge in [-0.2, -0.15) is 0 Å². The van der Waals surface area contributed by atoms with Gasteiger partial charge in [-0.1, -0.05) is 6.92 Å². The number of likely N-dealkylation sites (tertiary alicyclic amines) is 1. The minimum Gasteiger partial charge on any atom is -0.458 e. The van der Waals surface area contributed by atoms with Gasteiger partial charge in [0.15, 0.2) is 0 Å². The SMILES string of the molecule is CCCNC(=O)N1CCCC(Oc2ncccn2)C1. The molecule has 6 nitrogen and oxygen atoms in total. The second kappa shape index (κ2) is 6.92. The van der Waals surface area contributed by atoms with Gasteiger partial charge in [0.25, 0.3) is 0 Å². The first-order valence-corrected chi connectivity index (χ1v) is 6.76. The fourth-order valence-electron chi connectivity index (χ4n) is 2.06. The van der Waals surface area contributed by atoms with E-state index in [1.54, 1.807) is 23.4 Å². The summed E-state index contributed by atoms with van der Waals surface area (Å²) in [6.45, 7) is 4.12. The summed E-state index contributed by atoms with van der Waals surface area (Å²) in [7, 11) is 0. The molecule has 2 amide bonds. The normalized spacial score (nSPS) is 19.0. The Morgan fingerprint density at radius 2 is 2.32 bits per heavy atom. The summed E-state index contributed by atoms with van der Waals surface area (Å²) in [5.74, 6) is 0. The molecular formula is C13H20N4O2. The molecule has 104 valence electrons. The molecule has 2 rings (SSSR count). The van der Waals surface area contributed by atoms with Gasteiger partial charge in [-0.3, -0.25) is 0 Å². The predicted molar refractivity (Wildman–Crippen MR) is 70.9 cm³/mol. The number of nitrogens with one attached hydrogen (secondary N) is 1. The molecule has 1 aromatic heterocycles. The molecule has 1 aliphatic heterocycles. The first kappa shape index (κ1) is 13.6. The van der Waals surface area contributed by atoms with Gasteiger partial charge in [0.1, 0.15) is 6.10 Å². The van der Waals surface area contributed by atoms with Crippen LogP contribution in [0.15, 0.2) is 18.5 Å². The zero-order valence-corrected chi connectivity index (χ0v) is 11.2. The van der Waals surface area contributed by atoms with Crippen LogP contribution in [0.3, 0.4) is 0 Å². The summed E-state index contributed by atoms with van der Waals surface area (Å²) in [5, 5.41) is 2.89. The first-order valence-electron chi connectivity index (χ1n) is 6.76. The number of aromatic nitrogens is 2. The number of piperidine rings is 1. The van der Waals surface area contributed by atoms with E-state index in [1.807, 2.05) is 6.92 Å². The predicted octanol–water partition coefficient (Wildman–Crippen LogP) is 1.44. The lowest BCUT2D eigenvalue weighted by atomic mass is 10.1. The lowest BCUT2D eigenvalue weighted by molar-refractivity contribution is 0.0940. The first-order chi connectivity index (χ1) is 9.29. The van der Waals surface area contributed by atoms with Crippen molar-refractivity contribution >= 4 is 6.03 Å². The van der Waals surface area contributed by atoms with Crippen molar-refractivity contribution in [3.8, 4) is 6.01 Å². The second-order valence-corrected chi connectivity index (χ2v) is 4.59. The minimum absolute atomic E-state index is 0.0101. The summed E-state index contributed by atoms with van der Waals surface area (Å²) >= 11 is 0. The Balaban J connectivity index is 1.85. The van der Waals surface area contributed by atoms with E-state index in [9.17, 15) is 4.79 Å². The fraction of sp³-hybridized carbons (Fsp3) is 0.615. The summed E-state index contributed by atoms with van der Waals surface area (Å²) in [4.78, 5) is 21.8. The van der Waals surface area contributed by atoms with E-state index < -0.39 is 0 Å². The molecular weight excluding hydrogens is 244 g/mol. The van der Waals surface area contributed by atoms with Crippen LogP contribution >= 0.6 is 0 Å². The van der Waals surface area contributed by atoms with E-state index in [1.165, 1.54) is 0 Å². The molecule has 1 fully saturated rings. The zero-order chi connectivity index (χ0) is 13.5. The van der Waals surface area contributed by atoms with Gasteiger partial charge < -0.3 is 15.0 Å². The third kappa shape index (κ3) is 4.08. The third-order valence-electron chi connectivity index (χ3n) is 3.01. The van der Waals surface area contributed by atoms with Gasteiger partial charge in [-0.05, 0) is 25.3 Å². The number of carbonyl (C=O) groups excluding carboxylic acids is 1. The smallest absolute Gasteiger partial charge is 0.317 e. The maximum absolute atomic E-state index is 11.9. The summed E-state index contributed by atoms with van der Waals surface area (Å²) in [6, 6.07) is 2.12. The van der Waals surface area contributed by atoms with Crippen molar-refractivity contribution in [2.75, 3.05) is 19.6 Å². The lowest BCUT2D eigenvalue weighted by Gasteiger charge is -2.32. The molecule has 6 heteroatoms. The number of hydrogen-bond acceptors (Lipinski definition) is 4. The van der Waals surface area contributed by atoms with Gasteiger partial charge in [0.05, 0.1) is 6.54 Å². The number of carbonyl (C=O) groups is 1. The molecule has 0 spiro atoms. The van der Waals surface area contributed by atoms with Crippen molar-refractivity contribution in [2.24, 2.45) is 0 Å². The number of amides is 2. The standard InChI is InChI=1S/C13H20N4O2/c1-2-6-16-13(18)17-9-3-5-11(10-17)19-12-14-7-4-8-15-12/h4,7-8,11H,2-3,5-6,9-10H2,1H3,(H,16,18). The number of ether oxygens (including phenoxy) is 1. The van der Waals surface area contributed by atoms with Crippen molar-refractivity contribution in [1.29, 1.82) is 0 Å². The Morgan fingerprint density at radius 3 is 3.05 bits per heavy atom. The average Bonchev–Trinajstić information content (AvgIpc) is 2.46. The quantitative estimate of drug-likeness (QED) is 0.893. The fourth-order valence-corrected chi connectivity index (χ4v) is 2.06. The Labute approximate surface area is 113 Å². The van der Waals surface area contributed by atoms with Crippen LogP contribution in [0.1, 0.15) is 26.2 Å². The van der Waals surface area contributed by atoms with Crippen LogP contribution in [0.25, 0.3) is 0 Å². The van der Waals surface area contributed by atoms with Crippen molar-refractivity contribution in [3.63, 3.8) is 0 Å². The van der Waals surface area contributed by atoms with Crippen LogP contribution in [-0.2, 0) is 0 Å². The molecule has 1 N–H and O–H groups in total. The highest BCUT2D eigenvalue weighted by Gasteiger charge is 2.25. The van der Waals surface area contributed by atoms with E-state index >= 15 is 0 Å². The van der Waals surface area contributed by atoms with Crippen LogP contribution in [0.2, 0.25) is 0 Å². The molecule has 1 atom stereocenters. The van der Waals surface area contributed by atoms with Gasteiger partial charge in [0, 0.05) is 25.5 Å². The zero-order valence-electron chi connectivity index (χ0n) is 11.2. The third-order valence-corrected chi connectivity index (χ3v) is 3.01. The van der Waals surface area contributed by atoms with Crippen molar-refractivity contribution in [1.82, 2.24) is 20.2 Å². The van der Waals surface area contributed by atoms with Crippen LogP contribution in [-0.4, -0.2) is 46.6 Å². The van der Waals surface area contributed by atoms with E-state index in [-0.39, 0.29) is 12.1 Å². The maximum Gasteiger partial charge on any atom is 0.317 e. The Kier molecular flexibility index (Phi) is 4.94. The molecule has 0 aliphatic carbocycles. The molecule has 0 bridgehead atoms. The van der Waals surface area contributed by atoms with Gasteiger partial charge in [-0.15, -0.1) is 0 Å². The van der Waals surface area contributed by atoms with E-state index in [4.69, 9.17) is 4.74 Å². The molecule has 19 heavy (non-hydrogen) atoms. The summed E-state index contributed by atoms with van der Waals surface area (Å²) < 4.78 is 5.70. The summed E-state index contributed by atoms with van der Waals surface area (Å²) in [5.41, 5.74) is 0.